The van der Waals surface area contributed by atoms with E-state index in [2.05, 4.69) is 28.7 Å². The van der Waals surface area contributed by atoms with E-state index in [4.69, 9.17) is 16.3 Å². The zero-order valence-electron chi connectivity index (χ0n) is 16.3. The fraction of sp³-hybridized carbons (Fsp3) is 0.318. The number of esters is 1. The molecule has 1 aromatic carbocycles. The van der Waals surface area contributed by atoms with Crippen LogP contribution < -0.4 is 0 Å². The van der Waals surface area contributed by atoms with Gasteiger partial charge >= 0.3 is 5.97 Å². The summed E-state index contributed by atoms with van der Waals surface area (Å²) in [4.78, 5) is 20.9. The first-order valence-electron chi connectivity index (χ1n) is 9.23. The van der Waals surface area contributed by atoms with Gasteiger partial charge in [-0.1, -0.05) is 42.9 Å². The molecule has 0 aliphatic rings. The summed E-state index contributed by atoms with van der Waals surface area (Å²) in [5.41, 5.74) is 3.55. The summed E-state index contributed by atoms with van der Waals surface area (Å²) >= 11 is 6.19. The van der Waals surface area contributed by atoms with E-state index in [0.717, 1.165) is 41.7 Å². The number of unbranched alkanes of at least 4 members (excludes halogenated alkanes) is 2. The Morgan fingerprint density at radius 1 is 1.25 bits per heavy atom. The van der Waals surface area contributed by atoms with Gasteiger partial charge in [-0.3, -0.25) is 0 Å². The third-order valence-corrected chi connectivity index (χ3v) is 4.69. The molecular weight excluding hydrogens is 374 g/mol. The van der Waals surface area contributed by atoms with Gasteiger partial charge in [0.25, 0.3) is 0 Å². The Morgan fingerprint density at radius 2 is 2.07 bits per heavy atom. The average Bonchev–Trinajstić information content (AvgIpc) is 3.01. The molecule has 0 amide bonds. The van der Waals surface area contributed by atoms with E-state index in [9.17, 15) is 4.79 Å². The number of aryl methyl sites for hydroxylation is 1. The highest BCUT2D eigenvalue weighted by Crippen LogP contribution is 2.21. The van der Waals surface area contributed by atoms with Crippen molar-refractivity contribution in [3.63, 3.8) is 0 Å². The Kier molecular flexibility index (Phi) is 6.33. The molecule has 5 nitrogen and oxygen atoms in total. The molecule has 0 bridgehead atoms. The molecule has 3 aromatic rings. The number of pyridine rings is 1. The van der Waals surface area contributed by atoms with Crippen molar-refractivity contribution < 1.29 is 9.53 Å². The van der Waals surface area contributed by atoms with Crippen molar-refractivity contribution in [2.75, 3.05) is 7.11 Å². The van der Waals surface area contributed by atoms with Crippen molar-refractivity contribution in [2.45, 2.75) is 39.7 Å². The number of hydrogen-bond acceptors (Lipinski definition) is 4. The number of carbonyl (C=O) groups is 1. The number of benzene rings is 1. The lowest BCUT2D eigenvalue weighted by Crippen LogP contribution is -2.08. The molecule has 28 heavy (non-hydrogen) atoms. The van der Waals surface area contributed by atoms with E-state index in [1.54, 1.807) is 12.1 Å². The Morgan fingerprint density at radius 3 is 2.82 bits per heavy atom. The van der Waals surface area contributed by atoms with Crippen molar-refractivity contribution in [1.82, 2.24) is 14.5 Å². The highest BCUT2D eigenvalue weighted by atomic mass is 35.5. The van der Waals surface area contributed by atoms with Crippen molar-refractivity contribution in [2.24, 2.45) is 0 Å². The van der Waals surface area contributed by atoms with Crippen LogP contribution >= 0.6 is 11.6 Å². The van der Waals surface area contributed by atoms with E-state index in [0.29, 0.717) is 17.2 Å². The minimum atomic E-state index is -0.471. The number of aromatic nitrogens is 3. The van der Waals surface area contributed by atoms with Gasteiger partial charge < -0.3 is 9.30 Å². The van der Waals surface area contributed by atoms with Gasteiger partial charge in [-0.25, -0.2) is 14.8 Å². The van der Waals surface area contributed by atoms with Crippen LogP contribution in [0, 0.1) is 18.8 Å². The average molecular weight is 396 g/mol. The van der Waals surface area contributed by atoms with E-state index in [1.807, 2.05) is 29.7 Å². The highest BCUT2D eigenvalue weighted by molar-refractivity contribution is 6.30. The number of fused-ring (bicyclic) bond motifs is 1. The first-order chi connectivity index (χ1) is 13.5. The second kappa shape index (κ2) is 8.90. The first-order valence-corrected chi connectivity index (χ1v) is 9.60. The summed E-state index contributed by atoms with van der Waals surface area (Å²) in [6.07, 6.45) is 3.05. The van der Waals surface area contributed by atoms with E-state index >= 15 is 0 Å². The number of rotatable bonds is 5. The lowest BCUT2D eigenvalue weighted by molar-refractivity contribution is 0.0594. The number of imidazole rings is 1. The summed E-state index contributed by atoms with van der Waals surface area (Å²) in [5, 5.41) is 0.654. The molecule has 0 N–H and O–H groups in total. The largest absolute Gasteiger partial charge is 0.464 e. The van der Waals surface area contributed by atoms with E-state index in [1.165, 1.54) is 7.11 Å². The zero-order valence-corrected chi connectivity index (χ0v) is 17.0. The Balaban J connectivity index is 2.01. The molecule has 2 aromatic heterocycles. The minimum absolute atomic E-state index is 0.256. The van der Waals surface area contributed by atoms with Crippen LogP contribution in [0.5, 0.6) is 0 Å². The SMILES string of the molecule is CCCCC#Cc1cc(Cl)ccc1Cn1c(C)nc2ccc(C(=O)OC)nc21. The van der Waals surface area contributed by atoms with Crippen molar-refractivity contribution >= 4 is 28.7 Å². The van der Waals surface area contributed by atoms with Gasteiger partial charge in [0.15, 0.2) is 11.3 Å². The summed E-state index contributed by atoms with van der Waals surface area (Å²) in [6, 6.07) is 9.12. The van der Waals surface area contributed by atoms with Crippen molar-refractivity contribution in [3.8, 4) is 11.8 Å². The first kappa shape index (κ1) is 19.9. The molecule has 0 spiro atoms. The maximum absolute atomic E-state index is 11.8. The van der Waals surface area contributed by atoms with Crippen LogP contribution in [0.3, 0.4) is 0 Å². The summed E-state index contributed by atoms with van der Waals surface area (Å²) < 4.78 is 6.76. The van der Waals surface area contributed by atoms with Crippen LogP contribution in [0.2, 0.25) is 5.02 Å². The Bertz CT molecular complexity index is 1080. The molecule has 0 atom stereocenters. The van der Waals surface area contributed by atoms with Gasteiger partial charge in [0.2, 0.25) is 0 Å². The molecule has 2 heterocycles. The number of ether oxygens (including phenoxy) is 1. The lowest BCUT2D eigenvalue weighted by atomic mass is 10.1. The zero-order chi connectivity index (χ0) is 20.1. The fourth-order valence-electron chi connectivity index (χ4n) is 2.92. The molecule has 3 rings (SSSR count). The molecule has 0 aliphatic carbocycles. The topological polar surface area (TPSA) is 57.0 Å². The molecule has 0 aliphatic heterocycles. The summed E-state index contributed by atoms with van der Waals surface area (Å²) in [7, 11) is 1.34. The molecular formula is C22H22ClN3O2. The fourth-order valence-corrected chi connectivity index (χ4v) is 3.09. The molecule has 0 saturated carbocycles. The third-order valence-electron chi connectivity index (χ3n) is 4.46. The molecule has 0 fully saturated rings. The third kappa shape index (κ3) is 4.35. The van der Waals surface area contributed by atoms with Gasteiger partial charge in [0, 0.05) is 17.0 Å². The van der Waals surface area contributed by atoms with Crippen molar-refractivity contribution in [1.29, 1.82) is 0 Å². The Labute approximate surface area is 169 Å². The van der Waals surface area contributed by atoms with Crippen LogP contribution in [-0.2, 0) is 11.3 Å². The predicted octanol–water partition coefficient (Wildman–Crippen LogP) is 4.77. The van der Waals surface area contributed by atoms with Crippen LogP contribution in [0.1, 0.15) is 53.6 Å². The van der Waals surface area contributed by atoms with Gasteiger partial charge in [0.1, 0.15) is 11.3 Å². The quantitative estimate of drug-likeness (QED) is 0.354. The maximum Gasteiger partial charge on any atom is 0.356 e. The number of hydrogen-bond donors (Lipinski definition) is 0. The number of carbonyl (C=O) groups excluding carboxylic acids is 1. The lowest BCUT2D eigenvalue weighted by Gasteiger charge is -2.10. The van der Waals surface area contributed by atoms with E-state index < -0.39 is 5.97 Å². The molecule has 0 unspecified atom stereocenters. The molecule has 0 saturated heterocycles. The van der Waals surface area contributed by atoms with Gasteiger partial charge in [-0.2, -0.15) is 0 Å². The number of halogens is 1. The Hall–Kier alpha value is -2.84. The molecule has 144 valence electrons. The summed E-state index contributed by atoms with van der Waals surface area (Å²) in [5.74, 6) is 6.81. The summed E-state index contributed by atoms with van der Waals surface area (Å²) in [6.45, 7) is 4.60. The molecule has 6 heteroatoms. The van der Waals surface area contributed by atoms with Crippen LogP contribution in [0.25, 0.3) is 11.2 Å². The van der Waals surface area contributed by atoms with Gasteiger partial charge in [0.05, 0.1) is 13.7 Å². The van der Waals surface area contributed by atoms with E-state index in [-0.39, 0.29) is 5.69 Å². The standard InChI is InChI=1S/C22H22ClN3O2/c1-4-5-6-7-8-16-13-18(23)10-9-17(16)14-26-15(2)24-19-11-12-20(22(27)28-3)25-21(19)26/h9-13H,4-6,14H2,1-3H3. The predicted molar refractivity (Wildman–Crippen MR) is 111 cm³/mol. The maximum atomic E-state index is 11.8. The smallest absolute Gasteiger partial charge is 0.356 e. The second-order valence-electron chi connectivity index (χ2n) is 6.48. The van der Waals surface area contributed by atoms with Crippen LogP contribution in [0.4, 0.5) is 0 Å². The van der Waals surface area contributed by atoms with Crippen LogP contribution in [0.15, 0.2) is 30.3 Å². The number of nitrogens with zero attached hydrogens (tertiary/aromatic N) is 3. The highest BCUT2D eigenvalue weighted by Gasteiger charge is 2.15. The van der Waals surface area contributed by atoms with Crippen LogP contribution in [-0.4, -0.2) is 27.6 Å². The van der Waals surface area contributed by atoms with Crippen molar-refractivity contribution in [3.05, 3.63) is 58.0 Å². The normalized spacial score (nSPS) is 10.6. The van der Waals surface area contributed by atoms with Gasteiger partial charge in [-0.15, -0.1) is 0 Å². The number of methoxy groups -OCH3 is 1. The monoisotopic (exact) mass is 395 g/mol. The molecule has 0 radical (unpaired) electrons. The van der Waals surface area contributed by atoms with Gasteiger partial charge in [-0.05, 0) is 43.2 Å². The minimum Gasteiger partial charge on any atom is -0.464 e. The second-order valence-corrected chi connectivity index (χ2v) is 6.92.